The summed E-state index contributed by atoms with van der Waals surface area (Å²) in [4.78, 5) is 12.1. The molecule has 0 aliphatic carbocycles. The third-order valence-electron chi connectivity index (χ3n) is 3.84. The van der Waals surface area contributed by atoms with E-state index in [-0.39, 0.29) is 22.8 Å². The summed E-state index contributed by atoms with van der Waals surface area (Å²) in [6.07, 6.45) is -4.64. The first-order valence-corrected chi connectivity index (χ1v) is 9.88. The van der Waals surface area contributed by atoms with Gasteiger partial charge in [-0.1, -0.05) is 6.92 Å². The lowest BCUT2D eigenvalue weighted by atomic mass is 10.1. The Hall–Kier alpha value is -2.54. The smallest absolute Gasteiger partial charge is 0.422 e. The second kappa shape index (κ2) is 8.22. The number of benzene rings is 1. The van der Waals surface area contributed by atoms with Crippen molar-refractivity contribution in [2.75, 3.05) is 18.9 Å². The van der Waals surface area contributed by atoms with Crippen molar-refractivity contribution in [2.45, 2.75) is 31.8 Å². The number of ether oxygens (including phenoxy) is 1. The summed E-state index contributed by atoms with van der Waals surface area (Å²) >= 11 is 0. The van der Waals surface area contributed by atoms with Gasteiger partial charge in [-0.05, 0) is 31.5 Å². The van der Waals surface area contributed by atoms with Crippen molar-refractivity contribution in [3.8, 4) is 5.75 Å². The fourth-order valence-electron chi connectivity index (χ4n) is 2.46. The van der Waals surface area contributed by atoms with E-state index in [9.17, 15) is 26.4 Å². The van der Waals surface area contributed by atoms with Gasteiger partial charge in [-0.3, -0.25) is 15.1 Å². The Morgan fingerprint density at radius 3 is 2.57 bits per heavy atom. The largest absolute Gasteiger partial charge is 0.483 e. The summed E-state index contributed by atoms with van der Waals surface area (Å²) in [7, 11) is -3.96. The van der Waals surface area contributed by atoms with Gasteiger partial charge in [0.15, 0.2) is 16.4 Å². The first-order chi connectivity index (χ1) is 13.0. The number of nitrogens with zero attached hydrogens (tertiary/aromatic N) is 2. The molecule has 28 heavy (non-hydrogen) atoms. The molecule has 1 aromatic carbocycles. The van der Waals surface area contributed by atoms with Crippen molar-refractivity contribution in [3.63, 3.8) is 0 Å². The fraction of sp³-hybridized carbons (Fsp3) is 0.467. The quantitative estimate of drug-likeness (QED) is 0.628. The van der Waals surface area contributed by atoms with Crippen molar-refractivity contribution < 1.29 is 31.1 Å². The maximum absolute atomic E-state index is 12.6. The third kappa shape index (κ3) is 4.84. The maximum atomic E-state index is 12.6. The first-order valence-electron chi connectivity index (χ1n) is 8.23. The molecule has 0 unspecified atom stereocenters. The molecule has 0 saturated heterocycles. The van der Waals surface area contributed by atoms with Gasteiger partial charge in [0.05, 0.1) is 5.75 Å². The van der Waals surface area contributed by atoms with Gasteiger partial charge in [-0.15, -0.1) is 10.6 Å². The standard InChI is InChI=1S/C15H20F3N5O4S/c1-4-23-14(20-21-22-23)19-13(24)10-6-7-11(27-8-15(16,17)18)12(9(10)3)28(25,26)5-2/h6-7,21-22H,4-5,8H2,1-3H3,(H,19,20,24). The number of guanidine groups is 1. The van der Waals surface area contributed by atoms with Crippen LogP contribution >= 0.6 is 0 Å². The van der Waals surface area contributed by atoms with Crippen molar-refractivity contribution >= 4 is 21.7 Å². The number of alkyl halides is 3. The van der Waals surface area contributed by atoms with Gasteiger partial charge >= 0.3 is 6.18 Å². The van der Waals surface area contributed by atoms with E-state index in [0.717, 1.165) is 6.07 Å². The molecular weight excluding hydrogens is 403 g/mol. The summed E-state index contributed by atoms with van der Waals surface area (Å²) in [6, 6.07) is 2.25. The average Bonchev–Trinajstić information content (AvgIpc) is 3.05. The summed E-state index contributed by atoms with van der Waals surface area (Å²) in [5.41, 5.74) is 5.07. The molecule has 156 valence electrons. The molecule has 1 amide bonds. The van der Waals surface area contributed by atoms with E-state index in [1.807, 2.05) is 0 Å². The van der Waals surface area contributed by atoms with Crippen LogP contribution in [0.15, 0.2) is 22.1 Å². The Labute approximate surface area is 159 Å². The van der Waals surface area contributed by atoms with Crippen molar-refractivity contribution in [2.24, 2.45) is 5.10 Å². The normalized spacial score (nSPS) is 14.5. The van der Waals surface area contributed by atoms with Gasteiger partial charge in [-0.25, -0.2) is 14.0 Å². The van der Waals surface area contributed by atoms with Crippen LogP contribution in [0.2, 0.25) is 0 Å². The van der Waals surface area contributed by atoms with Crippen LogP contribution in [-0.4, -0.2) is 50.4 Å². The molecule has 0 bridgehead atoms. The Morgan fingerprint density at radius 2 is 2.00 bits per heavy atom. The second-order valence-electron chi connectivity index (χ2n) is 5.73. The molecule has 13 heteroatoms. The zero-order chi connectivity index (χ0) is 21.1. The summed E-state index contributed by atoms with van der Waals surface area (Å²) in [6.45, 7) is 3.29. The predicted molar refractivity (Wildman–Crippen MR) is 94.0 cm³/mol. The zero-order valence-electron chi connectivity index (χ0n) is 15.3. The van der Waals surface area contributed by atoms with Gasteiger partial charge in [0.25, 0.3) is 5.91 Å². The number of hydrogen-bond acceptors (Lipinski definition) is 8. The fourth-order valence-corrected chi connectivity index (χ4v) is 3.76. The number of nitrogens with one attached hydrogen (secondary N) is 3. The van der Waals surface area contributed by atoms with Gasteiger partial charge in [-0.2, -0.15) is 13.2 Å². The highest BCUT2D eigenvalue weighted by molar-refractivity contribution is 7.91. The molecular formula is C15H20F3N5O4S. The molecule has 1 aliphatic heterocycles. The number of hydrazone groups is 1. The van der Waals surface area contributed by atoms with Crippen molar-refractivity contribution in [1.82, 2.24) is 21.4 Å². The van der Waals surface area contributed by atoms with Crippen LogP contribution in [-0.2, 0) is 9.84 Å². The number of rotatable bonds is 6. The summed E-state index contributed by atoms with van der Waals surface area (Å²) < 4.78 is 67.0. The highest BCUT2D eigenvalue weighted by atomic mass is 32.2. The van der Waals surface area contributed by atoms with Crippen LogP contribution in [0.1, 0.15) is 29.8 Å². The minimum Gasteiger partial charge on any atom is -0.483 e. The molecule has 2 rings (SSSR count). The van der Waals surface area contributed by atoms with Crippen molar-refractivity contribution in [3.05, 3.63) is 23.3 Å². The molecule has 1 aliphatic rings. The number of hydrogen-bond donors (Lipinski definition) is 3. The number of halogens is 3. The summed E-state index contributed by atoms with van der Waals surface area (Å²) in [5, 5.41) is 7.82. The van der Waals surface area contributed by atoms with E-state index >= 15 is 0 Å². The van der Waals surface area contributed by atoms with E-state index in [4.69, 9.17) is 0 Å². The lowest BCUT2D eigenvalue weighted by Gasteiger charge is -2.19. The Morgan fingerprint density at radius 1 is 1.32 bits per heavy atom. The lowest BCUT2D eigenvalue weighted by Crippen LogP contribution is -2.47. The lowest BCUT2D eigenvalue weighted by molar-refractivity contribution is -0.153. The Bertz CT molecular complexity index is 886. The van der Waals surface area contributed by atoms with E-state index in [2.05, 4.69) is 26.2 Å². The molecule has 1 aromatic rings. The van der Waals surface area contributed by atoms with Crippen LogP contribution in [0.25, 0.3) is 0 Å². The molecule has 0 saturated carbocycles. The third-order valence-corrected chi connectivity index (χ3v) is 5.73. The van der Waals surface area contributed by atoms with Gasteiger partial charge in [0.1, 0.15) is 10.6 Å². The molecule has 3 N–H and O–H groups in total. The first kappa shape index (κ1) is 21.8. The molecule has 0 spiro atoms. The molecule has 0 radical (unpaired) electrons. The minimum atomic E-state index is -4.64. The van der Waals surface area contributed by atoms with Crippen LogP contribution in [0.5, 0.6) is 5.75 Å². The van der Waals surface area contributed by atoms with Gasteiger partial charge < -0.3 is 4.74 Å². The van der Waals surface area contributed by atoms with Crippen LogP contribution in [0, 0.1) is 6.92 Å². The highest BCUT2D eigenvalue weighted by Crippen LogP contribution is 2.32. The molecule has 0 aromatic heterocycles. The van der Waals surface area contributed by atoms with Gasteiger partial charge in [0, 0.05) is 12.1 Å². The van der Waals surface area contributed by atoms with Crippen LogP contribution in [0.3, 0.4) is 0 Å². The van der Waals surface area contributed by atoms with E-state index < -0.39 is 39.2 Å². The van der Waals surface area contributed by atoms with Gasteiger partial charge in [0.2, 0.25) is 5.96 Å². The Kier molecular flexibility index (Phi) is 6.39. The number of amides is 1. The number of carbonyl (C=O) groups excluding carboxylic acids is 1. The zero-order valence-corrected chi connectivity index (χ0v) is 16.2. The van der Waals surface area contributed by atoms with E-state index in [1.165, 1.54) is 24.9 Å². The monoisotopic (exact) mass is 423 g/mol. The number of sulfone groups is 1. The SMILES string of the molecule is CCN1NNN=C1NC(=O)c1ccc(OCC(F)(F)F)c(S(=O)(=O)CC)c1C. The highest BCUT2D eigenvalue weighted by Gasteiger charge is 2.31. The average molecular weight is 423 g/mol. The minimum absolute atomic E-state index is 0.0124. The second-order valence-corrected chi connectivity index (χ2v) is 7.95. The number of hydrazine groups is 2. The van der Waals surface area contributed by atoms with Crippen LogP contribution < -0.4 is 21.1 Å². The van der Waals surface area contributed by atoms with E-state index in [1.54, 1.807) is 6.92 Å². The van der Waals surface area contributed by atoms with E-state index in [0.29, 0.717) is 6.54 Å². The Balaban J connectivity index is 2.41. The number of carbonyl (C=O) groups is 1. The van der Waals surface area contributed by atoms with Crippen LogP contribution in [0.4, 0.5) is 13.2 Å². The maximum Gasteiger partial charge on any atom is 0.422 e. The molecule has 9 nitrogen and oxygen atoms in total. The topological polar surface area (TPSA) is 112 Å². The molecule has 1 heterocycles. The predicted octanol–water partition coefficient (Wildman–Crippen LogP) is 1.08. The summed E-state index contributed by atoms with van der Waals surface area (Å²) in [5.74, 6) is -1.34. The molecule has 0 atom stereocenters. The molecule has 0 fully saturated rings. The van der Waals surface area contributed by atoms with Crippen molar-refractivity contribution in [1.29, 1.82) is 0 Å².